The lowest BCUT2D eigenvalue weighted by Gasteiger charge is -2.13. The molecule has 4 aromatic rings. The standard InChI is InChI=1S/C22H20FN3O2S/c1-15(12-18-4-2-10-28-18)24-22(27)20-13-19(21-5-3-11-29-21)25-26(20)14-16-6-8-17(23)9-7-16/h2-11,13,15H,12,14H2,1H3,(H,24,27). The third-order valence-electron chi connectivity index (χ3n) is 4.50. The molecule has 1 amide bonds. The van der Waals surface area contributed by atoms with Gasteiger partial charge in [0.05, 0.1) is 17.7 Å². The number of furan rings is 1. The van der Waals surface area contributed by atoms with Crippen LogP contribution in [0.25, 0.3) is 10.6 Å². The molecule has 0 fully saturated rings. The van der Waals surface area contributed by atoms with Crippen LogP contribution >= 0.6 is 11.3 Å². The third-order valence-corrected chi connectivity index (χ3v) is 5.39. The Kier molecular flexibility index (Phi) is 5.57. The van der Waals surface area contributed by atoms with Crippen LogP contribution in [-0.2, 0) is 13.0 Å². The molecule has 1 unspecified atom stereocenters. The van der Waals surface area contributed by atoms with E-state index in [1.54, 1.807) is 40.5 Å². The number of thiophene rings is 1. The molecule has 29 heavy (non-hydrogen) atoms. The molecule has 0 saturated heterocycles. The van der Waals surface area contributed by atoms with E-state index < -0.39 is 0 Å². The summed E-state index contributed by atoms with van der Waals surface area (Å²) in [5, 5.41) is 9.61. The lowest BCUT2D eigenvalue weighted by atomic mass is 10.2. The number of rotatable bonds is 7. The Balaban J connectivity index is 1.57. The Morgan fingerprint density at radius 2 is 2.07 bits per heavy atom. The van der Waals surface area contributed by atoms with Crippen molar-refractivity contribution in [3.63, 3.8) is 0 Å². The Labute approximate surface area is 171 Å². The fraction of sp³-hybridized carbons (Fsp3) is 0.182. The fourth-order valence-corrected chi connectivity index (χ4v) is 3.79. The van der Waals surface area contributed by atoms with E-state index in [1.807, 2.05) is 36.6 Å². The van der Waals surface area contributed by atoms with E-state index in [2.05, 4.69) is 10.4 Å². The average Bonchev–Trinajstić information content (AvgIpc) is 3.44. The van der Waals surface area contributed by atoms with E-state index in [-0.39, 0.29) is 17.8 Å². The molecular weight excluding hydrogens is 389 g/mol. The summed E-state index contributed by atoms with van der Waals surface area (Å²) in [7, 11) is 0. The Morgan fingerprint density at radius 1 is 1.24 bits per heavy atom. The molecule has 7 heteroatoms. The van der Waals surface area contributed by atoms with E-state index in [9.17, 15) is 9.18 Å². The Morgan fingerprint density at radius 3 is 2.76 bits per heavy atom. The summed E-state index contributed by atoms with van der Waals surface area (Å²) < 4.78 is 20.3. The van der Waals surface area contributed by atoms with E-state index >= 15 is 0 Å². The maximum atomic E-state index is 13.2. The van der Waals surface area contributed by atoms with Crippen LogP contribution in [0.3, 0.4) is 0 Å². The summed E-state index contributed by atoms with van der Waals surface area (Å²) >= 11 is 1.57. The number of benzene rings is 1. The topological polar surface area (TPSA) is 60.1 Å². The smallest absolute Gasteiger partial charge is 0.269 e. The van der Waals surface area contributed by atoms with Crippen molar-refractivity contribution in [2.24, 2.45) is 0 Å². The molecule has 3 aromatic heterocycles. The van der Waals surface area contributed by atoms with Crippen molar-refractivity contribution < 1.29 is 13.6 Å². The van der Waals surface area contributed by atoms with Gasteiger partial charge < -0.3 is 9.73 Å². The minimum Gasteiger partial charge on any atom is -0.469 e. The maximum Gasteiger partial charge on any atom is 0.269 e. The largest absolute Gasteiger partial charge is 0.469 e. The first-order valence-electron chi connectivity index (χ1n) is 9.28. The lowest BCUT2D eigenvalue weighted by Crippen LogP contribution is -2.35. The fourth-order valence-electron chi connectivity index (χ4n) is 3.11. The van der Waals surface area contributed by atoms with Gasteiger partial charge in [-0.3, -0.25) is 9.48 Å². The first-order valence-corrected chi connectivity index (χ1v) is 10.2. The first-order chi connectivity index (χ1) is 14.1. The second-order valence-electron chi connectivity index (χ2n) is 6.83. The highest BCUT2D eigenvalue weighted by atomic mass is 32.1. The third kappa shape index (κ3) is 4.63. The zero-order valence-corrected chi connectivity index (χ0v) is 16.7. The Bertz CT molecular complexity index is 1070. The quantitative estimate of drug-likeness (QED) is 0.479. The van der Waals surface area contributed by atoms with Crippen LogP contribution < -0.4 is 5.32 Å². The number of nitrogens with one attached hydrogen (secondary N) is 1. The van der Waals surface area contributed by atoms with Crippen molar-refractivity contribution >= 4 is 17.2 Å². The summed E-state index contributed by atoms with van der Waals surface area (Å²) in [5.74, 6) is 0.316. The summed E-state index contributed by atoms with van der Waals surface area (Å²) in [4.78, 5) is 14.0. The number of carbonyl (C=O) groups excluding carboxylic acids is 1. The molecule has 1 aromatic carbocycles. The number of nitrogens with zero attached hydrogens (tertiary/aromatic N) is 2. The molecule has 1 N–H and O–H groups in total. The zero-order valence-electron chi connectivity index (χ0n) is 15.8. The highest BCUT2D eigenvalue weighted by molar-refractivity contribution is 7.13. The SMILES string of the molecule is CC(Cc1ccco1)NC(=O)c1cc(-c2cccs2)nn1Cc1ccc(F)cc1. The molecule has 1 atom stereocenters. The normalized spacial score (nSPS) is 12.1. The summed E-state index contributed by atoms with van der Waals surface area (Å²) in [6.07, 6.45) is 2.22. The van der Waals surface area contributed by atoms with Crippen LogP contribution in [-0.4, -0.2) is 21.7 Å². The molecule has 0 bridgehead atoms. The maximum absolute atomic E-state index is 13.2. The first kappa shape index (κ1) is 19.1. The van der Waals surface area contributed by atoms with Crippen molar-refractivity contribution in [2.45, 2.75) is 25.9 Å². The molecule has 3 heterocycles. The number of carbonyl (C=O) groups is 1. The minimum absolute atomic E-state index is 0.104. The lowest BCUT2D eigenvalue weighted by molar-refractivity contribution is 0.0929. The van der Waals surface area contributed by atoms with Gasteiger partial charge in [-0.15, -0.1) is 11.3 Å². The molecule has 0 spiro atoms. The molecule has 0 aliphatic rings. The number of amides is 1. The average molecular weight is 409 g/mol. The van der Waals surface area contributed by atoms with Crippen LogP contribution in [0.15, 0.2) is 70.7 Å². The van der Waals surface area contributed by atoms with Gasteiger partial charge in [-0.25, -0.2) is 4.39 Å². The van der Waals surface area contributed by atoms with Gasteiger partial charge in [0.15, 0.2) is 0 Å². The van der Waals surface area contributed by atoms with Gasteiger partial charge in [0.2, 0.25) is 0 Å². The van der Waals surface area contributed by atoms with Gasteiger partial charge in [0.25, 0.3) is 5.91 Å². The monoisotopic (exact) mass is 409 g/mol. The minimum atomic E-state index is -0.293. The predicted octanol–water partition coefficient (Wildman–Crippen LogP) is 4.75. The van der Waals surface area contributed by atoms with Crippen molar-refractivity contribution in [3.05, 3.63) is 89.1 Å². The van der Waals surface area contributed by atoms with Gasteiger partial charge in [-0.2, -0.15) is 5.10 Å². The molecule has 5 nitrogen and oxygen atoms in total. The van der Waals surface area contributed by atoms with Gasteiger partial charge in [-0.1, -0.05) is 18.2 Å². The van der Waals surface area contributed by atoms with Crippen LogP contribution in [0.4, 0.5) is 4.39 Å². The number of halogens is 1. The van der Waals surface area contributed by atoms with Crippen LogP contribution in [0, 0.1) is 5.82 Å². The van der Waals surface area contributed by atoms with Crippen molar-refractivity contribution in [1.29, 1.82) is 0 Å². The molecule has 148 valence electrons. The van der Waals surface area contributed by atoms with Crippen LogP contribution in [0.2, 0.25) is 0 Å². The molecular formula is C22H20FN3O2S. The second kappa shape index (κ2) is 8.45. The number of hydrogen-bond acceptors (Lipinski definition) is 4. The van der Waals surface area contributed by atoms with Gasteiger partial charge in [0, 0.05) is 12.5 Å². The number of aromatic nitrogens is 2. The summed E-state index contributed by atoms with van der Waals surface area (Å²) in [5.41, 5.74) is 2.07. The second-order valence-corrected chi connectivity index (χ2v) is 7.78. The molecule has 0 saturated carbocycles. The highest BCUT2D eigenvalue weighted by Crippen LogP contribution is 2.25. The van der Waals surface area contributed by atoms with E-state index in [4.69, 9.17) is 4.42 Å². The number of hydrogen-bond donors (Lipinski definition) is 1. The summed E-state index contributed by atoms with van der Waals surface area (Å²) in [6.45, 7) is 2.31. The zero-order chi connectivity index (χ0) is 20.2. The van der Waals surface area contributed by atoms with E-state index in [0.717, 1.165) is 21.9 Å². The predicted molar refractivity (Wildman–Crippen MR) is 110 cm³/mol. The highest BCUT2D eigenvalue weighted by Gasteiger charge is 2.19. The van der Waals surface area contributed by atoms with Crippen LogP contribution in [0.1, 0.15) is 28.7 Å². The molecule has 0 aliphatic heterocycles. The van der Waals surface area contributed by atoms with Crippen molar-refractivity contribution in [1.82, 2.24) is 15.1 Å². The molecule has 0 radical (unpaired) electrons. The van der Waals surface area contributed by atoms with Gasteiger partial charge >= 0.3 is 0 Å². The van der Waals surface area contributed by atoms with E-state index in [0.29, 0.717) is 18.7 Å². The van der Waals surface area contributed by atoms with Gasteiger partial charge in [-0.05, 0) is 54.3 Å². The van der Waals surface area contributed by atoms with Crippen LogP contribution in [0.5, 0.6) is 0 Å². The van der Waals surface area contributed by atoms with Crippen molar-refractivity contribution in [3.8, 4) is 10.6 Å². The van der Waals surface area contributed by atoms with Crippen molar-refractivity contribution in [2.75, 3.05) is 0 Å². The Hall–Kier alpha value is -3.19. The molecule has 0 aliphatic carbocycles. The summed E-state index contributed by atoms with van der Waals surface area (Å²) in [6, 6.07) is 15.5. The van der Waals surface area contributed by atoms with Gasteiger partial charge in [0.1, 0.15) is 23.0 Å². The van der Waals surface area contributed by atoms with E-state index in [1.165, 1.54) is 12.1 Å². The molecule has 4 rings (SSSR count).